The number of rotatable bonds is 5. The SMILES string of the molecule is NS(=O)(=O)c1cc(Cl)cc(C(=O)NCCCC(F)(F)F)c1. The van der Waals surface area contributed by atoms with Crippen LogP contribution in [0.15, 0.2) is 23.1 Å². The minimum Gasteiger partial charge on any atom is -0.352 e. The fraction of sp³-hybridized carbons (Fsp3) is 0.364. The molecular formula is C11H12ClF3N2O3S. The first kappa shape index (κ1) is 17.7. The summed E-state index contributed by atoms with van der Waals surface area (Å²) in [4.78, 5) is 11.4. The Hall–Kier alpha value is -1.32. The Labute approximate surface area is 124 Å². The zero-order valence-electron chi connectivity index (χ0n) is 10.6. The molecule has 1 amide bonds. The van der Waals surface area contributed by atoms with Crippen molar-refractivity contribution in [1.29, 1.82) is 0 Å². The number of amides is 1. The number of alkyl halides is 3. The van der Waals surface area contributed by atoms with Crippen LogP contribution < -0.4 is 10.5 Å². The Morgan fingerprint density at radius 2 is 1.90 bits per heavy atom. The summed E-state index contributed by atoms with van der Waals surface area (Å²) < 4.78 is 58.2. The Balaban J connectivity index is 2.73. The van der Waals surface area contributed by atoms with Crippen LogP contribution in [0.25, 0.3) is 0 Å². The second-order valence-corrected chi connectivity index (χ2v) is 6.19. The van der Waals surface area contributed by atoms with Gasteiger partial charge in [-0.15, -0.1) is 0 Å². The second-order valence-electron chi connectivity index (χ2n) is 4.20. The van der Waals surface area contributed by atoms with Gasteiger partial charge in [-0.3, -0.25) is 4.79 Å². The van der Waals surface area contributed by atoms with Crippen molar-refractivity contribution in [1.82, 2.24) is 5.32 Å². The number of nitrogens with two attached hydrogens (primary N) is 1. The third-order valence-corrected chi connectivity index (χ3v) is 3.50. The molecule has 0 aliphatic heterocycles. The summed E-state index contributed by atoms with van der Waals surface area (Å²) in [6.07, 6.45) is -5.59. The molecule has 0 fully saturated rings. The Morgan fingerprint density at radius 1 is 1.29 bits per heavy atom. The number of halogens is 4. The van der Waals surface area contributed by atoms with E-state index < -0.39 is 28.5 Å². The number of benzene rings is 1. The number of carbonyl (C=O) groups excluding carboxylic acids is 1. The first-order valence-corrected chi connectivity index (χ1v) is 7.60. The van der Waals surface area contributed by atoms with E-state index in [-0.39, 0.29) is 28.4 Å². The topological polar surface area (TPSA) is 89.3 Å². The predicted molar refractivity (Wildman–Crippen MR) is 70.4 cm³/mol. The fourth-order valence-electron chi connectivity index (χ4n) is 1.45. The third kappa shape index (κ3) is 6.32. The van der Waals surface area contributed by atoms with Gasteiger partial charge in [0, 0.05) is 23.6 Å². The van der Waals surface area contributed by atoms with E-state index in [1.807, 2.05) is 0 Å². The summed E-state index contributed by atoms with van der Waals surface area (Å²) in [5, 5.41) is 7.14. The van der Waals surface area contributed by atoms with Gasteiger partial charge in [0.05, 0.1) is 4.90 Å². The smallest absolute Gasteiger partial charge is 0.352 e. The van der Waals surface area contributed by atoms with Crippen molar-refractivity contribution in [2.24, 2.45) is 5.14 Å². The zero-order chi connectivity index (χ0) is 16.3. The van der Waals surface area contributed by atoms with Crippen molar-refractivity contribution < 1.29 is 26.4 Å². The van der Waals surface area contributed by atoms with Crippen LogP contribution in [0, 0.1) is 0 Å². The average molecular weight is 345 g/mol. The van der Waals surface area contributed by atoms with Gasteiger partial charge in [-0.1, -0.05) is 11.6 Å². The lowest BCUT2D eigenvalue weighted by molar-refractivity contribution is -0.135. The molecule has 0 aliphatic rings. The third-order valence-electron chi connectivity index (χ3n) is 2.38. The summed E-state index contributed by atoms with van der Waals surface area (Å²) >= 11 is 5.67. The highest BCUT2D eigenvalue weighted by molar-refractivity contribution is 7.89. The van der Waals surface area contributed by atoms with Gasteiger partial charge < -0.3 is 5.32 Å². The highest BCUT2D eigenvalue weighted by Crippen LogP contribution is 2.21. The lowest BCUT2D eigenvalue weighted by Gasteiger charge is -2.08. The van der Waals surface area contributed by atoms with E-state index in [9.17, 15) is 26.4 Å². The van der Waals surface area contributed by atoms with E-state index in [1.54, 1.807) is 0 Å². The van der Waals surface area contributed by atoms with Gasteiger partial charge in [-0.25, -0.2) is 13.6 Å². The van der Waals surface area contributed by atoms with E-state index in [0.29, 0.717) is 0 Å². The maximum Gasteiger partial charge on any atom is 0.389 e. The molecule has 0 saturated heterocycles. The van der Waals surface area contributed by atoms with E-state index >= 15 is 0 Å². The molecule has 0 aromatic heterocycles. The van der Waals surface area contributed by atoms with Crippen molar-refractivity contribution in [3.63, 3.8) is 0 Å². The molecular weight excluding hydrogens is 333 g/mol. The first-order chi connectivity index (χ1) is 9.49. The van der Waals surface area contributed by atoms with Crippen LogP contribution in [0.3, 0.4) is 0 Å². The van der Waals surface area contributed by atoms with Crippen LogP contribution in [0.4, 0.5) is 13.2 Å². The largest absolute Gasteiger partial charge is 0.389 e. The van der Waals surface area contributed by atoms with Crippen LogP contribution in [0.1, 0.15) is 23.2 Å². The van der Waals surface area contributed by atoms with Gasteiger partial charge in [-0.05, 0) is 24.6 Å². The van der Waals surface area contributed by atoms with Gasteiger partial charge >= 0.3 is 6.18 Å². The number of primary sulfonamides is 1. The number of hydrogen-bond acceptors (Lipinski definition) is 3. The highest BCUT2D eigenvalue weighted by atomic mass is 35.5. The van der Waals surface area contributed by atoms with Crippen LogP contribution in [-0.4, -0.2) is 27.0 Å². The quantitative estimate of drug-likeness (QED) is 0.801. The summed E-state index contributed by atoms with van der Waals surface area (Å²) in [7, 11) is -4.04. The standard InChI is InChI=1S/C11H12ClF3N2O3S/c12-8-4-7(5-9(6-8)21(16,19)20)10(18)17-3-1-2-11(13,14)15/h4-6H,1-3H2,(H,17,18)(H2,16,19,20). The molecule has 5 nitrogen and oxygen atoms in total. The highest BCUT2D eigenvalue weighted by Gasteiger charge is 2.26. The van der Waals surface area contributed by atoms with Crippen LogP contribution in [0.2, 0.25) is 5.02 Å². The number of nitrogens with one attached hydrogen (secondary N) is 1. The molecule has 0 bridgehead atoms. The Bertz CT molecular complexity index is 632. The summed E-state index contributed by atoms with van der Waals surface area (Å²) in [6.45, 7) is -0.199. The first-order valence-electron chi connectivity index (χ1n) is 5.67. The minimum absolute atomic E-state index is 0.0260. The molecule has 1 aromatic carbocycles. The molecule has 0 unspecified atom stereocenters. The molecule has 21 heavy (non-hydrogen) atoms. The van der Waals surface area contributed by atoms with Gasteiger partial charge in [0.1, 0.15) is 0 Å². The molecule has 0 spiro atoms. The van der Waals surface area contributed by atoms with Gasteiger partial charge in [-0.2, -0.15) is 13.2 Å². The van der Waals surface area contributed by atoms with Crippen LogP contribution >= 0.6 is 11.6 Å². The van der Waals surface area contributed by atoms with Gasteiger partial charge in [0.25, 0.3) is 5.91 Å². The molecule has 3 N–H and O–H groups in total. The molecule has 0 heterocycles. The molecule has 0 saturated carbocycles. The number of carbonyl (C=O) groups is 1. The molecule has 1 aromatic rings. The molecule has 1 rings (SSSR count). The molecule has 10 heteroatoms. The Morgan fingerprint density at radius 3 is 2.43 bits per heavy atom. The Kier molecular flexibility index (Phi) is 5.60. The predicted octanol–water partition coefficient (Wildman–Crippen LogP) is 2.06. The summed E-state index contributed by atoms with van der Waals surface area (Å²) in [5.41, 5.74) is -0.0986. The number of hydrogen-bond donors (Lipinski definition) is 2. The average Bonchev–Trinajstić information content (AvgIpc) is 2.31. The van der Waals surface area contributed by atoms with Gasteiger partial charge in [0.2, 0.25) is 10.0 Å². The van der Waals surface area contributed by atoms with Crippen LogP contribution in [0.5, 0.6) is 0 Å². The minimum atomic E-state index is -4.29. The van der Waals surface area contributed by atoms with E-state index in [1.165, 1.54) is 6.07 Å². The van der Waals surface area contributed by atoms with Crippen LogP contribution in [-0.2, 0) is 10.0 Å². The summed E-state index contributed by atoms with van der Waals surface area (Å²) in [5.74, 6) is -0.732. The lowest BCUT2D eigenvalue weighted by Crippen LogP contribution is -2.26. The second kappa shape index (κ2) is 6.63. The molecule has 118 valence electrons. The monoisotopic (exact) mass is 344 g/mol. The van der Waals surface area contributed by atoms with Crippen molar-refractivity contribution >= 4 is 27.5 Å². The summed E-state index contributed by atoms with van der Waals surface area (Å²) in [6, 6.07) is 3.26. The maximum atomic E-state index is 11.9. The molecule has 0 radical (unpaired) electrons. The molecule has 0 atom stereocenters. The lowest BCUT2D eigenvalue weighted by atomic mass is 10.2. The molecule has 0 aliphatic carbocycles. The van der Waals surface area contributed by atoms with Crippen molar-refractivity contribution in [2.75, 3.05) is 6.54 Å². The van der Waals surface area contributed by atoms with Crippen molar-refractivity contribution in [3.8, 4) is 0 Å². The van der Waals surface area contributed by atoms with Crippen molar-refractivity contribution in [3.05, 3.63) is 28.8 Å². The fourth-order valence-corrected chi connectivity index (χ4v) is 2.33. The van der Waals surface area contributed by atoms with Crippen molar-refractivity contribution in [2.45, 2.75) is 23.9 Å². The normalized spacial score (nSPS) is 12.2. The van der Waals surface area contributed by atoms with E-state index in [0.717, 1.165) is 12.1 Å². The number of sulfonamides is 1. The van der Waals surface area contributed by atoms with E-state index in [4.69, 9.17) is 16.7 Å². The van der Waals surface area contributed by atoms with E-state index in [2.05, 4.69) is 5.32 Å². The maximum absolute atomic E-state index is 11.9. The van der Waals surface area contributed by atoms with Gasteiger partial charge in [0.15, 0.2) is 0 Å². The zero-order valence-corrected chi connectivity index (χ0v) is 12.1.